The molecule has 0 spiro atoms. The topological polar surface area (TPSA) is 25.8 Å². The Bertz CT molecular complexity index is 739. The minimum absolute atomic E-state index is 0.0286. The summed E-state index contributed by atoms with van der Waals surface area (Å²) in [5.74, 6) is 0. The zero-order valence-electron chi connectivity index (χ0n) is 15.6. The monoisotopic (exact) mass is 350 g/mol. The quantitative estimate of drug-likeness (QED) is 0.718. The van der Waals surface area contributed by atoms with Gasteiger partial charge in [-0.3, -0.25) is 9.97 Å². The zero-order chi connectivity index (χ0) is 19.0. The lowest BCUT2D eigenvalue weighted by Gasteiger charge is -2.26. The van der Waals surface area contributed by atoms with Crippen LogP contribution >= 0.6 is 0 Å². The van der Waals surface area contributed by atoms with Crippen molar-refractivity contribution in [1.82, 2.24) is 9.97 Å². The smallest absolute Gasteiger partial charge is 0.261 e. The first-order valence-corrected chi connectivity index (χ1v) is 8.30. The molecule has 2 heterocycles. The number of halogens is 3. The van der Waals surface area contributed by atoms with Crippen molar-refractivity contribution < 1.29 is 13.2 Å². The predicted molar refractivity (Wildman–Crippen MR) is 93.6 cm³/mol. The number of aryl methyl sites for hydroxylation is 1. The third-order valence-corrected chi connectivity index (χ3v) is 4.45. The molecule has 0 bridgehead atoms. The van der Waals surface area contributed by atoms with Gasteiger partial charge in [0.25, 0.3) is 0 Å². The van der Waals surface area contributed by atoms with Gasteiger partial charge in [0, 0.05) is 35.6 Å². The van der Waals surface area contributed by atoms with Crippen LogP contribution in [-0.2, 0) is 23.4 Å². The van der Waals surface area contributed by atoms with Gasteiger partial charge < -0.3 is 0 Å². The predicted octanol–water partition coefficient (Wildman–Crippen LogP) is 5.62. The molecule has 0 N–H and O–H groups in total. The minimum Gasteiger partial charge on any atom is -0.261 e. The molecule has 2 nitrogen and oxygen atoms in total. The van der Waals surface area contributed by atoms with Gasteiger partial charge >= 0.3 is 6.18 Å². The molecule has 0 saturated carbocycles. The summed E-state index contributed by atoms with van der Waals surface area (Å²) in [5.41, 5.74) is 2.72. The average Bonchev–Trinajstić information content (AvgIpc) is 2.47. The molecule has 25 heavy (non-hydrogen) atoms. The highest BCUT2D eigenvalue weighted by molar-refractivity contribution is 5.31. The summed E-state index contributed by atoms with van der Waals surface area (Å²) >= 11 is 0. The van der Waals surface area contributed by atoms with Crippen LogP contribution in [0.4, 0.5) is 13.2 Å². The molecule has 2 aromatic heterocycles. The summed E-state index contributed by atoms with van der Waals surface area (Å²) in [6.45, 7) is 12.4. The van der Waals surface area contributed by atoms with Gasteiger partial charge in [-0.2, -0.15) is 13.2 Å². The highest BCUT2D eigenvalue weighted by Gasteiger charge is 2.32. The van der Waals surface area contributed by atoms with Crippen molar-refractivity contribution >= 4 is 0 Å². The molecular weight excluding hydrogens is 325 g/mol. The molecule has 0 aromatic carbocycles. The van der Waals surface area contributed by atoms with E-state index in [0.29, 0.717) is 12.1 Å². The molecule has 0 amide bonds. The van der Waals surface area contributed by atoms with Crippen LogP contribution in [-0.4, -0.2) is 9.97 Å². The van der Waals surface area contributed by atoms with Gasteiger partial charge in [-0.1, -0.05) is 40.7 Å². The minimum atomic E-state index is -4.36. The highest BCUT2D eigenvalue weighted by Crippen LogP contribution is 2.32. The van der Waals surface area contributed by atoms with E-state index >= 15 is 0 Å². The number of nitrogens with zero attached hydrogens (tertiary/aromatic N) is 2. The van der Waals surface area contributed by atoms with Crippen LogP contribution in [0.25, 0.3) is 0 Å². The van der Waals surface area contributed by atoms with Crippen LogP contribution in [0.3, 0.4) is 0 Å². The molecule has 0 atom stereocenters. The Morgan fingerprint density at radius 1 is 0.880 bits per heavy atom. The molecule has 2 aromatic rings. The normalized spacial score (nSPS) is 13.2. The van der Waals surface area contributed by atoms with Crippen LogP contribution < -0.4 is 0 Å². The van der Waals surface area contributed by atoms with Gasteiger partial charge in [-0.25, -0.2) is 0 Å². The van der Waals surface area contributed by atoms with Gasteiger partial charge in [0.15, 0.2) is 0 Å². The molecule has 0 saturated heterocycles. The molecule has 0 aliphatic heterocycles. The fourth-order valence-corrected chi connectivity index (χ4v) is 2.67. The summed E-state index contributed by atoms with van der Waals surface area (Å²) in [6, 6.07) is 4.69. The number of hydrogen-bond donors (Lipinski definition) is 0. The molecule has 0 unspecified atom stereocenters. The van der Waals surface area contributed by atoms with Crippen molar-refractivity contribution in [1.29, 1.82) is 0 Å². The van der Waals surface area contributed by atoms with E-state index in [4.69, 9.17) is 0 Å². The summed E-state index contributed by atoms with van der Waals surface area (Å²) in [5, 5.41) is 0. The van der Waals surface area contributed by atoms with Gasteiger partial charge in [-0.05, 0) is 35.6 Å². The lowest BCUT2D eigenvalue weighted by molar-refractivity contribution is -0.137. The first kappa shape index (κ1) is 19.4. The van der Waals surface area contributed by atoms with E-state index in [-0.39, 0.29) is 5.41 Å². The maximum Gasteiger partial charge on any atom is 0.417 e. The molecule has 136 valence electrons. The first-order chi connectivity index (χ1) is 11.3. The van der Waals surface area contributed by atoms with E-state index in [1.807, 2.05) is 27.0 Å². The SMILES string of the molecule is Cc1cc(C(C)(C)C)cnc1CC(C)(C)c1ccc(C(F)(F)F)cn1. The number of alkyl halides is 3. The maximum absolute atomic E-state index is 12.7. The highest BCUT2D eigenvalue weighted by atomic mass is 19.4. The lowest BCUT2D eigenvalue weighted by atomic mass is 9.81. The zero-order valence-corrected chi connectivity index (χ0v) is 15.6. The van der Waals surface area contributed by atoms with Crippen LogP contribution in [0.2, 0.25) is 0 Å². The Labute approximate surface area is 147 Å². The molecule has 5 heteroatoms. The van der Waals surface area contributed by atoms with E-state index in [1.165, 1.54) is 11.6 Å². The summed E-state index contributed by atoms with van der Waals surface area (Å²) < 4.78 is 38.1. The van der Waals surface area contributed by atoms with E-state index in [2.05, 4.69) is 36.8 Å². The number of aromatic nitrogens is 2. The van der Waals surface area contributed by atoms with Gasteiger partial charge in [0.1, 0.15) is 0 Å². The fourth-order valence-electron chi connectivity index (χ4n) is 2.67. The van der Waals surface area contributed by atoms with Gasteiger partial charge in [0.05, 0.1) is 5.56 Å². The summed E-state index contributed by atoms with van der Waals surface area (Å²) in [6.07, 6.45) is -0.961. The van der Waals surface area contributed by atoms with Crippen LogP contribution in [0.15, 0.2) is 30.6 Å². The second-order valence-electron chi connectivity index (χ2n) is 8.23. The lowest BCUT2D eigenvalue weighted by Crippen LogP contribution is -2.24. The summed E-state index contributed by atoms with van der Waals surface area (Å²) in [4.78, 5) is 8.66. The molecule has 0 fully saturated rings. The van der Waals surface area contributed by atoms with E-state index < -0.39 is 17.2 Å². The summed E-state index contributed by atoms with van der Waals surface area (Å²) in [7, 11) is 0. The van der Waals surface area contributed by atoms with Crippen molar-refractivity contribution in [2.75, 3.05) is 0 Å². The van der Waals surface area contributed by atoms with Crippen molar-refractivity contribution in [2.24, 2.45) is 0 Å². The van der Waals surface area contributed by atoms with Crippen molar-refractivity contribution in [2.45, 2.75) is 65.0 Å². The van der Waals surface area contributed by atoms with Crippen LogP contribution in [0.5, 0.6) is 0 Å². The van der Waals surface area contributed by atoms with Crippen molar-refractivity contribution in [3.8, 4) is 0 Å². The second kappa shape index (κ2) is 6.43. The molecule has 2 rings (SSSR count). The number of hydrogen-bond acceptors (Lipinski definition) is 2. The third-order valence-electron chi connectivity index (χ3n) is 4.45. The Hall–Kier alpha value is -1.91. The Morgan fingerprint density at radius 3 is 1.92 bits per heavy atom. The largest absolute Gasteiger partial charge is 0.417 e. The Kier molecular flexibility index (Phi) is 4.99. The fraction of sp³-hybridized carbons (Fsp3) is 0.500. The number of pyridine rings is 2. The average molecular weight is 350 g/mol. The Morgan fingerprint density at radius 2 is 1.48 bits per heavy atom. The van der Waals surface area contributed by atoms with E-state index in [1.54, 1.807) is 0 Å². The van der Waals surface area contributed by atoms with Crippen LogP contribution in [0.1, 0.15) is 62.7 Å². The first-order valence-electron chi connectivity index (χ1n) is 8.30. The third kappa shape index (κ3) is 4.59. The van der Waals surface area contributed by atoms with Gasteiger partial charge in [-0.15, -0.1) is 0 Å². The maximum atomic E-state index is 12.7. The number of rotatable bonds is 3. The van der Waals surface area contributed by atoms with E-state index in [0.717, 1.165) is 23.5 Å². The van der Waals surface area contributed by atoms with Gasteiger partial charge in [0.2, 0.25) is 0 Å². The standard InChI is InChI=1S/C20H25F3N2/c1-13-9-15(18(2,3)4)12-24-16(13)10-19(5,6)17-8-7-14(11-25-17)20(21,22)23/h7-9,11-12H,10H2,1-6H3. The molecule has 0 aliphatic rings. The molecule has 0 radical (unpaired) electrons. The van der Waals surface area contributed by atoms with Crippen molar-refractivity contribution in [3.63, 3.8) is 0 Å². The van der Waals surface area contributed by atoms with E-state index in [9.17, 15) is 13.2 Å². The second-order valence-corrected chi connectivity index (χ2v) is 8.23. The Balaban J connectivity index is 2.26. The van der Waals surface area contributed by atoms with Crippen molar-refractivity contribution in [3.05, 3.63) is 58.7 Å². The molecule has 0 aliphatic carbocycles. The molecular formula is C20H25F3N2. The van der Waals surface area contributed by atoms with Crippen LogP contribution in [0, 0.1) is 6.92 Å².